The molecule has 0 atom stereocenters. The van der Waals surface area contributed by atoms with Crippen molar-refractivity contribution in [3.05, 3.63) is 47.5 Å². The summed E-state index contributed by atoms with van der Waals surface area (Å²) in [7, 11) is 0. The topological polar surface area (TPSA) is 26.0 Å². The van der Waals surface area contributed by atoms with Gasteiger partial charge in [-0.25, -0.2) is 0 Å². The molecular weight excluding hydrogens is 214 g/mol. The minimum absolute atomic E-state index is 0.859. The average Bonchev–Trinajstić information content (AvgIpc) is 2.65. The molecule has 2 aromatic carbocycles. The van der Waals surface area contributed by atoms with Crippen LogP contribution in [0.3, 0.4) is 0 Å². The van der Waals surface area contributed by atoms with E-state index in [0.717, 1.165) is 12.1 Å². The molecule has 0 aliphatic heterocycles. The predicted molar refractivity (Wildman–Crippen MR) is 70.9 cm³/mol. The molecule has 1 nitrogen and oxygen atoms in total. The zero-order valence-corrected chi connectivity index (χ0v) is 9.97. The van der Waals surface area contributed by atoms with Crippen molar-refractivity contribution in [2.75, 3.05) is 12.0 Å². The minimum Gasteiger partial charge on any atom is -0.399 e. The van der Waals surface area contributed by atoms with Crippen molar-refractivity contribution < 1.29 is 0 Å². The molecule has 3 rings (SSSR count). The summed E-state index contributed by atoms with van der Waals surface area (Å²) < 4.78 is 0. The number of nitrogens with two attached hydrogens (primary N) is 1. The first-order chi connectivity index (χ1) is 7.79. The minimum atomic E-state index is 0.859. The normalized spacial score (nSPS) is 12.3. The van der Waals surface area contributed by atoms with Crippen molar-refractivity contribution >= 4 is 17.4 Å². The zero-order chi connectivity index (χ0) is 11.1. The Labute approximate surface area is 99.7 Å². The van der Waals surface area contributed by atoms with Gasteiger partial charge in [0, 0.05) is 10.6 Å². The second-order valence-electron chi connectivity index (χ2n) is 4.09. The lowest BCUT2D eigenvalue weighted by Crippen LogP contribution is -1.87. The van der Waals surface area contributed by atoms with Crippen LogP contribution in [0, 0.1) is 0 Å². The third-order valence-electron chi connectivity index (χ3n) is 3.11. The molecule has 2 heteroatoms. The smallest absolute Gasteiger partial charge is 0.0317 e. The Morgan fingerprint density at radius 1 is 1.12 bits per heavy atom. The first kappa shape index (κ1) is 9.79. The van der Waals surface area contributed by atoms with Gasteiger partial charge in [0.2, 0.25) is 0 Å². The Morgan fingerprint density at radius 3 is 2.81 bits per heavy atom. The van der Waals surface area contributed by atoms with Gasteiger partial charge in [0.15, 0.2) is 0 Å². The number of fused-ring (bicyclic) bond motifs is 3. The fourth-order valence-corrected chi connectivity index (χ4v) is 3.07. The van der Waals surface area contributed by atoms with Crippen molar-refractivity contribution in [3.8, 4) is 11.1 Å². The Bertz CT molecular complexity index is 561. The first-order valence-corrected chi connectivity index (χ1v) is 6.56. The average molecular weight is 227 g/mol. The standard InChI is InChI=1S/C14H13NS/c1-16-13-4-2-3-9-7-10-8-11(15)5-6-12(10)14(9)13/h2-6,8H,7,15H2,1H3. The summed E-state index contributed by atoms with van der Waals surface area (Å²) in [4.78, 5) is 1.36. The second-order valence-corrected chi connectivity index (χ2v) is 4.94. The third kappa shape index (κ3) is 1.34. The molecule has 2 aromatic rings. The maximum Gasteiger partial charge on any atom is 0.0317 e. The summed E-state index contributed by atoms with van der Waals surface area (Å²) in [6.07, 6.45) is 3.15. The highest BCUT2D eigenvalue weighted by Crippen LogP contribution is 2.42. The summed E-state index contributed by atoms with van der Waals surface area (Å²) in [6, 6.07) is 12.8. The molecule has 0 amide bonds. The highest BCUT2D eigenvalue weighted by molar-refractivity contribution is 7.98. The number of hydrogen-bond donors (Lipinski definition) is 1. The van der Waals surface area contributed by atoms with Crippen molar-refractivity contribution in [1.29, 1.82) is 0 Å². The van der Waals surface area contributed by atoms with Gasteiger partial charge in [-0.2, -0.15) is 0 Å². The van der Waals surface area contributed by atoms with Crippen LogP contribution in [0.4, 0.5) is 5.69 Å². The number of rotatable bonds is 1. The molecule has 0 spiro atoms. The summed E-state index contributed by atoms with van der Waals surface area (Å²) in [5, 5.41) is 0. The molecular formula is C14H13NS. The molecule has 0 saturated carbocycles. The number of anilines is 1. The van der Waals surface area contributed by atoms with Gasteiger partial charge in [0.1, 0.15) is 0 Å². The zero-order valence-electron chi connectivity index (χ0n) is 9.16. The van der Waals surface area contributed by atoms with Gasteiger partial charge in [-0.3, -0.25) is 0 Å². The fourth-order valence-electron chi connectivity index (χ4n) is 2.41. The van der Waals surface area contributed by atoms with Crippen LogP contribution in [0.15, 0.2) is 41.3 Å². The molecule has 0 heterocycles. The van der Waals surface area contributed by atoms with Crippen LogP contribution >= 0.6 is 11.8 Å². The van der Waals surface area contributed by atoms with E-state index in [2.05, 4.69) is 36.6 Å². The van der Waals surface area contributed by atoms with Crippen LogP contribution in [0.25, 0.3) is 11.1 Å². The summed E-state index contributed by atoms with van der Waals surface area (Å²) >= 11 is 1.81. The van der Waals surface area contributed by atoms with Crippen molar-refractivity contribution in [2.45, 2.75) is 11.3 Å². The van der Waals surface area contributed by atoms with Crippen molar-refractivity contribution in [1.82, 2.24) is 0 Å². The third-order valence-corrected chi connectivity index (χ3v) is 3.89. The van der Waals surface area contributed by atoms with Crippen LogP contribution in [-0.2, 0) is 6.42 Å². The van der Waals surface area contributed by atoms with E-state index in [1.54, 1.807) is 0 Å². The number of nitrogen functional groups attached to an aromatic ring is 1. The lowest BCUT2D eigenvalue weighted by atomic mass is 10.1. The van der Waals surface area contributed by atoms with Gasteiger partial charge in [0.25, 0.3) is 0 Å². The van der Waals surface area contributed by atoms with E-state index in [4.69, 9.17) is 5.73 Å². The van der Waals surface area contributed by atoms with Gasteiger partial charge in [-0.1, -0.05) is 18.2 Å². The Morgan fingerprint density at radius 2 is 2.00 bits per heavy atom. The first-order valence-electron chi connectivity index (χ1n) is 5.34. The Kier molecular flexibility index (Phi) is 2.18. The second kappa shape index (κ2) is 3.56. The van der Waals surface area contributed by atoms with E-state index in [1.807, 2.05) is 17.8 Å². The molecule has 0 radical (unpaired) electrons. The van der Waals surface area contributed by atoms with Gasteiger partial charge in [-0.05, 0) is 53.1 Å². The molecule has 1 aliphatic rings. The highest BCUT2D eigenvalue weighted by Gasteiger charge is 2.20. The Balaban J connectivity index is 2.27. The van der Waals surface area contributed by atoms with E-state index in [9.17, 15) is 0 Å². The summed E-state index contributed by atoms with van der Waals surface area (Å²) in [5.74, 6) is 0. The number of benzene rings is 2. The van der Waals surface area contributed by atoms with E-state index < -0.39 is 0 Å². The summed E-state index contributed by atoms with van der Waals surface area (Å²) in [6.45, 7) is 0. The highest BCUT2D eigenvalue weighted by atomic mass is 32.2. The molecule has 80 valence electrons. The van der Waals surface area contributed by atoms with Crippen LogP contribution in [0.2, 0.25) is 0 Å². The lowest BCUT2D eigenvalue weighted by molar-refractivity contribution is 1.25. The molecule has 16 heavy (non-hydrogen) atoms. The Hall–Kier alpha value is -1.41. The van der Waals surface area contributed by atoms with Gasteiger partial charge in [-0.15, -0.1) is 11.8 Å². The van der Waals surface area contributed by atoms with E-state index in [1.165, 1.54) is 27.1 Å². The molecule has 0 saturated heterocycles. The van der Waals surface area contributed by atoms with Crippen LogP contribution in [-0.4, -0.2) is 6.26 Å². The molecule has 0 fully saturated rings. The molecule has 1 aliphatic carbocycles. The van der Waals surface area contributed by atoms with Crippen molar-refractivity contribution in [2.24, 2.45) is 0 Å². The van der Waals surface area contributed by atoms with Crippen LogP contribution in [0.5, 0.6) is 0 Å². The maximum absolute atomic E-state index is 5.83. The van der Waals surface area contributed by atoms with Gasteiger partial charge in [0.05, 0.1) is 0 Å². The number of thioether (sulfide) groups is 1. The lowest BCUT2D eigenvalue weighted by Gasteiger charge is -2.06. The monoisotopic (exact) mass is 227 g/mol. The maximum atomic E-state index is 5.83. The quantitative estimate of drug-likeness (QED) is 0.508. The fraction of sp³-hybridized carbons (Fsp3) is 0.143. The van der Waals surface area contributed by atoms with Gasteiger partial charge < -0.3 is 5.73 Å². The molecule has 2 N–H and O–H groups in total. The molecule has 0 bridgehead atoms. The van der Waals surface area contributed by atoms with E-state index in [0.29, 0.717) is 0 Å². The predicted octanol–water partition coefficient (Wildman–Crippen LogP) is 3.56. The van der Waals surface area contributed by atoms with E-state index >= 15 is 0 Å². The SMILES string of the molecule is CSc1cccc2c1-c1ccc(N)cc1C2. The van der Waals surface area contributed by atoms with Gasteiger partial charge >= 0.3 is 0 Å². The van der Waals surface area contributed by atoms with E-state index in [-0.39, 0.29) is 0 Å². The summed E-state index contributed by atoms with van der Waals surface area (Å²) in [5.41, 5.74) is 12.2. The van der Waals surface area contributed by atoms with Crippen LogP contribution in [0.1, 0.15) is 11.1 Å². The largest absolute Gasteiger partial charge is 0.399 e. The molecule has 0 aromatic heterocycles. The molecule has 0 unspecified atom stereocenters. The van der Waals surface area contributed by atoms with Crippen molar-refractivity contribution in [3.63, 3.8) is 0 Å². The van der Waals surface area contributed by atoms with Crippen LogP contribution < -0.4 is 5.73 Å². The number of hydrogen-bond acceptors (Lipinski definition) is 2.